The molecule has 0 heterocycles. The maximum Gasteiger partial charge on any atom is 0.319 e. The van der Waals surface area contributed by atoms with Crippen LogP contribution in [0.1, 0.15) is 32.8 Å². The molecule has 0 aliphatic carbocycles. The number of benzene rings is 1. The van der Waals surface area contributed by atoms with Crippen LogP contribution in [-0.4, -0.2) is 18.0 Å². The number of urea groups is 1. The van der Waals surface area contributed by atoms with Gasteiger partial charge in [-0.1, -0.05) is 6.92 Å². The van der Waals surface area contributed by atoms with Gasteiger partial charge in [0.05, 0.1) is 0 Å². The Morgan fingerprint density at radius 3 is 2.47 bits per heavy atom. The van der Waals surface area contributed by atoms with E-state index in [4.69, 9.17) is 0 Å². The number of amides is 3. The van der Waals surface area contributed by atoms with E-state index in [1.165, 1.54) is 6.92 Å². The van der Waals surface area contributed by atoms with Crippen LogP contribution in [0.2, 0.25) is 0 Å². The Morgan fingerprint density at radius 1 is 1.26 bits per heavy atom. The van der Waals surface area contributed by atoms with Crippen molar-refractivity contribution in [1.82, 2.24) is 5.32 Å². The number of hydrogen-bond acceptors (Lipinski definition) is 2. The van der Waals surface area contributed by atoms with Gasteiger partial charge < -0.3 is 16.0 Å². The lowest BCUT2D eigenvalue weighted by atomic mass is 10.1. The highest BCUT2D eigenvalue weighted by atomic mass is 16.2. The zero-order valence-electron chi connectivity index (χ0n) is 11.8. The van der Waals surface area contributed by atoms with E-state index in [1.807, 2.05) is 26.8 Å². The summed E-state index contributed by atoms with van der Waals surface area (Å²) >= 11 is 0. The number of hydrogen-bond donors (Lipinski definition) is 3. The summed E-state index contributed by atoms with van der Waals surface area (Å²) in [5, 5.41) is 8.32. The third-order valence-corrected chi connectivity index (χ3v) is 2.78. The molecular formula is C14H21N3O2. The Labute approximate surface area is 113 Å². The quantitative estimate of drug-likeness (QED) is 0.781. The minimum absolute atomic E-state index is 0.113. The molecule has 0 aromatic heterocycles. The van der Waals surface area contributed by atoms with Crippen LogP contribution >= 0.6 is 0 Å². The Morgan fingerprint density at radius 2 is 1.95 bits per heavy atom. The molecule has 3 amide bonds. The summed E-state index contributed by atoms with van der Waals surface area (Å²) in [6, 6.07) is 5.27. The van der Waals surface area contributed by atoms with Crippen molar-refractivity contribution < 1.29 is 9.59 Å². The minimum atomic E-state index is -0.221. The lowest BCUT2D eigenvalue weighted by molar-refractivity contribution is -0.114. The van der Waals surface area contributed by atoms with Crippen LogP contribution in [-0.2, 0) is 4.79 Å². The van der Waals surface area contributed by atoms with E-state index in [-0.39, 0.29) is 18.0 Å². The van der Waals surface area contributed by atoms with Gasteiger partial charge in [0, 0.05) is 24.3 Å². The number of aryl methyl sites for hydroxylation is 1. The van der Waals surface area contributed by atoms with Gasteiger partial charge in [0.25, 0.3) is 0 Å². The molecule has 0 bridgehead atoms. The molecule has 1 unspecified atom stereocenters. The van der Waals surface area contributed by atoms with E-state index < -0.39 is 0 Å². The largest absolute Gasteiger partial charge is 0.335 e. The number of nitrogens with one attached hydrogen (secondary N) is 3. The minimum Gasteiger partial charge on any atom is -0.335 e. The third kappa shape index (κ3) is 4.99. The summed E-state index contributed by atoms with van der Waals surface area (Å²) in [5.74, 6) is -0.113. The summed E-state index contributed by atoms with van der Waals surface area (Å²) in [6.45, 7) is 7.30. The van der Waals surface area contributed by atoms with Crippen LogP contribution in [0.15, 0.2) is 18.2 Å². The van der Waals surface area contributed by atoms with E-state index in [9.17, 15) is 9.59 Å². The van der Waals surface area contributed by atoms with Crippen LogP contribution in [0.4, 0.5) is 16.2 Å². The molecule has 104 valence electrons. The predicted molar refractivity (Wildman–Crippen MR) is 77.4 cm³/mol. The van der Waals surface area contributed by atoms with Gasteiger partial charge in [-0.05, 0) is 44.0 Å². The van der Waals surface area contributed by atoms with Gasteiger partial charge in [-0.2, -0.15) is 0 Å². The molecule has 5 nitrogen and oxygen atoms in total. The van der Waals surface area contributed by atoms with Gasteiger partial charge in [0.2, 0.25) is 5.91 Å². The van der Waals surface area contributed by atoms with Crippen LogP contribution in [0.25, 0.3) is 0 Å². The lowest BCUT2D eigenvalue weighted by Crippen LogP contribution is -2.35. The van der Waals surface area contributed by atoms with E-state index in [0.29, 0.717) is 5.69 Å². The average molecular weight is 263 g/mol. The van der Waals surface area contributed by atoms with Gasteiger partial charge in [-0.3, -0.25) is 4.79 Å². The fraction of sp³-hybridized carbons (Fsp3) is 0.429. The molecule has 0 aliphatic rings. The zero-order valence-corrected chi connectivity index (χ0v) is 11.8. The Kier molecular flexibility index (Phi) is 5.36. The summed E-state index contributed by atoms with van der Waals surface area (Å²) < 4.78 is 0. The van der Waals surface area contributed by atoms with Crippen LogP contribution in [0.5, 0.6) is 0 Å². The normalized spacial score (nSPS) is 11.6. The summed E-state index contributed by atoms with van der Waals surface area (Å²) in [4.78, 5) is 22.7. The molecule has 0 radical (unpaired) electrons. The van der Waals surface area contributed by atoms with Gasteiger partial charge in [-0.25, -0.2) is 4.79 Å². The second kappa shape index (κ2) is 6.78. The van der Waals surface area contributed by atoms with Gasteiger partial charge in [-0.15, -0.1) is 0 Å². The van der Waals surface area contributed by atoms with E-state index >= 15 is 0 Å². The molecule has 1 rings (SSSR count). The molecule has 0 saturated carbocycles. The molecule has 1 aromatic rings. The average Bonchev–Trinajstić information content (AvgIpc) is 2.32. The Balaban J connectivity index is 2.68. The smallest absolute Gasteiger partial charge is 0.319 e. The van der Waals surface area contributed by atoms with Crippen molar-refractivity contribution in [3.05, 3.63) is 23.8 Å². The number of rotatable bonds is 4. The Bertz CT molecular complexity index is 472. The first-order valence-electron chi connectivity index (χ1n) is 6.38. The second-order valence-electron chi connectivity index (χ2n) is 4.62. The van der Waals surface area contributed by atoms with Gasteiger partial charge in [0.1, 0.15) is 0 Å². The molecule has 0 saturated heterocycles. The summed E-state index contributed by atoms with van der Waals surface area (Å²) in [7, 11) is 0. The highest BCUT2D eigenvalue weighted by Crippen LogP contribution is 2.19. The third-order valence-electron chi connectivity index (χ3n) is 2.78. The molecule has 0 fully saturated rings. The predicted octanol–water partition coefficient (Wildman–Crippen LogP) is 2.87. The fourth-order valence-electron chi connectivity index (χ4n) is 1.56. The number of anilines is 2. The molecule has 0 aliphatic heterocycles. The maximum absolute atomic E-state index is 11.7. The van der Waals surface area contributed by atoms with Crippen LogP contribution in [0, 0.1) is 6.92 Å². The summed E-state index contributed by atoms with van der Waals surface area (Å²) in [5.41, 5.74) is 2.35. The van der Waals surface area contributed by atoms with Crippen molar-refractivity contribution >= 4 is 23.3 Å². The second-order valence-corrected chi connectivity index (χ2v) is 4.62. The van der Waals surface area contributed by atoms with Crippen LogP contribution < -0.4 is 16.0 Å². The maximum atomic E-state index is 11.7. The van der Waals surface area contributed by atoms with Crippen molar-refractivity contribution in [2.24, 2.45) is 0 Å². The zero-order chi connectivity index (χ0) is 14.4. The highest BCUT2D eigenvalue weighted by molar-refractivity contribution is 5.92. The van der Waals surface area contributed by atoms with Crippen molar-refractivity contribution in [1.29, 1.82) is 0 Å². The first-order valence-corrected chi connectivity index (χ1v) is 6.38. The SMILES string of the molecule is CCC(C)NC(=O)Nc1ccc(NC(C)=O)c(C)c1. The molecule has 0 spiro atoms. The van der Waals surface area contributed by atoms with Crippen LogP contribution in [0.3, 0.4) is 0 Å². The van der Waals surface area contributed by atoms with Crippen molar-refractivity contribution in [2.45, 2.75) is 40.2 Å². The van der Waals surface area contributed by atoms with E-state index in [0.717, 1.165) is 17.7 Å². The highest BCUT2D eigenvalue weighted by Gasteiger charge is 2.07. The molecule has 1 atom stereocenters. The van der Waals surface area contributed by atoms with E-state index in [1.54, 1.807) is 12.1 Å². The van der Waals surface area contributed by atoms with Gasteiger partial charge in [0.15, 0.2) is 0 Å². The van der Waals surface area contributed by atoms with Gasteiger partial charge >= 0.3 is 6.03 Å². The van der Waals surface area contributed by atoms with Crippen molar-refractivity contribution in [3.63, 3.8) is 0 Å². The number of carbonyl (C=O) groups excluding carboxylic acids is 2. The standard InChI is InChI=1S/C14H21N3O2/c1-5-10(3)15-14(19)17-12-6-7-13(9(2)8-12)16-11(4)18/h6-8,10H,5H2,1-4H3,(H,16,18)(H2,15,17,19). The fourth-order valence-corrected chi connectivity index (χ4v) is 1.56. The molecule has 5 heteroatoms. The molecule has 1 aromatic carbocycles. The molecule has 3 N–H and O–H groups in total. The summed E-state index contributed by atoms with van der Waals surface area (Å²) in [6.07, 6.45) is 0.883. The monoisotopic (exact) mass is 263 g/mol. The Hall–Kier alpha value is -2.04. The number of carbonyl (C=O) groups is 2. The first-order chi connectivity index (χ1) is 8.92. The molecular weight excluding hydrogens is 242 g/mol. The lowest BCUT2D eigenvalue weighted by Gasteiger charge is -2.14. The van der Waals surface area contributed by atoms with Crippen molar-refractivity contribution in [3.8, 4) is 0 Å². The topological polar surface area (TPSA) is 70.2 Å². The molecule has 19 heavy (non-hydrogen) atoms. The van der Waals surface area contributed by atoms with Crippen molar-refractivity contribution in [2.75, 3.05) is 10.6 Å². The van der Waals surface area contributed by atoms with E-state index in [2.05, 4.69) is 16.0 Å². The first kappa shape index (κ1) is 15.0.